The molecule has 1 aliphatic heterocycles. The molecular weight excluding hydrogens is 426 g/mol. The number of nitrogens with zero attached hydrogens (tertiary/aromatic N) is 1. The molecule has 1 fully saturated rings. The van der Waals surface area contributed by atoms with Gasteiger partial charge in [0.05, 0.1) is 12.6 Å². The number of carbonyl (C=O) groups is 4. The summed E-state index contributed by atoms with van der Waals surface area (Å²) in [5.74, 6) is -2.58. The average Bonchev–Trinajstić information content (AvgIpc) is 3.43. The Morgan fingerprint density at radius 2 is 1.97 bits per heavy atom. The van der Waals surface area contributed by atoms with Crippen molar-refractivity contribution >= 4 is 34.6 Å². The molecule has 10 heteroatoms. The number of nitrogens with two attached hydrogens (primary N) is 1. The zero-order valence-electron chi connectivity index (χ0n) is 18.8. The lowest BCUT2D eigenvalue weighted by molar-refractivity contribution is -0.142. The summed E-state index contributed by atoms with van der Waals surface area (Å²) in [6.07, 6.45) is 2.98. The van der Waals surface area contributed by atoms with E-state index in [2.05, 4.69) is 15.6 Å². The maximum Gasteiger partial charge on any atom is 0.326 e. The summed E-state index contributed by atoms with van der Waals surface area (Å²) in [5.41, 5.74) is 7.60. The third kappa shape index (κ3) is 5.70. The van der Waals surface area contributed by atoms with Crippen molar-refractivity contribution in [1.82, 2.24) is 20.5 Å². The van der Waals surface area contributed by atoms with Crippen LogP contribution in [0.3, 0.4) is 0 Å². The highest BCUT2D eigenvalue weighted by Crippen LogP contribution is 2.20. The van der Waals surface area contributed by atoms with Crippen molar-refractivity contribution in [3.05, 3.63) is 36.0 Å². The van der Waals surface area contributed by atoms with Crippen LogP contribution in [0.4, 0.5) is 0 Å². The Morgan fingerprint density at radius 3 is 2.67 bits per heavy atom. The van der Waals surface area contributed by atoms with Gasteiger partial charge in [-0.3, -0.25) is 14.4 Å². The quantitative estimate of drug-likeness (QED) is 0.366. The summed E-state index contributed by atoms with van der Waals surface area (Å²) in [4.78, 5) is 53.9. The predicted octanol–water partition coefficient (Wildman–Crippen LogP) is 0.370. The molecule has 1 aromatic carbocycles. The van der Waals surface area contributed by atoms with Crippen LogP contribution in [0.2, 0.25) is 0 Å². The fraction of sp³-hybridized carbons (Fsp3) is 0.478. The zero-order valence-corrected chi connectivity index (χ0v) is 18.8. The highest BCUT2D eigenvalue weighted by Gasteiger charge is 2.37. The average molecular weight is 458 g/mol. The van der Waals surface area contributed by atoms with E-state index in [1.807, 2.05) is 38.1 Å². The standard InChI is InChI=1S/C23H31N5O5/c1-13(2)20(24)22(31)28-9-5-8-18(28)21(30)26-12-19(29)27-17(23(32)33)10-14-11-25-16-7-4-3-6-15(14)16/h3-4,6-7,11,13,17-18,20,25H,5,8-10,12,24H2,1-2H3,(H,26,30)(H,27,29)(H,32,33). The van der Waals surface area contributed by atoms with Gasteiger partial charge in [-0.15, -0.1) is 0 Å². The number of aromatic amines is 1. The molecule has 6 N–H and O–H groups in total. The van der Waals surface area contributed by atoms with Crippen molar-refractivity contribution in [3.8, 4) is 0 Å². The molecule has 0 bridgehead atoms. The van der Waals surface area contributed by atoms with Gasteiger partial charge < -0.3 is 31.4 Å². The molecule has 1 aromatic heterocycles. The fourth-order valence-electron chi connectivity index (χ4n) is 4.03. The van der Waals surface area contributed by atoms with Gasteiger partial charge in [0, 0.05) is 30.1 Å². The van der Waals surface area contributed by atoms with E-state index < -0.39 is 35.9 Å². The summed E-state index contributed by atoms with van der Waals surface area (Å²) in [7, 11) is 0. The molecule has 10 nitrogen and oxygen atoms in total. The number of benzene rings is 1. The minimum absolute atomic E-state index is 0.0577. The smallest absolute Gasteiger partial charge is 0.326 e. The molecule has 0 saturated carbocycles. The van der Waals surface area contributed by atoms with E-state index >= 15 is 0 Å². The van der Waals surface area contributed by atoms with E-state index in [1.165, 1.54) is 4.90 Å². The summed E-state index contributed by atoms with van der Waals surface area (Å²) in [6.45, 7) is 3.74. The van der Waals surface area contributed by atoms with Crippen LogP contribution in [-0.2, 0) is 25.6 Å². The number of para-hydroxylation sites is 1. The van der Waals surface area contributed by atoms with Crippen LogP contribution >= 0.6 is 0 Å². The first-order valence-corrected chi connectivity index (χ1v) is 11.1. The number of carboxylic acid groups (broad SMARTS) is 1. The van der Waals surface area contributed by atoms with Gasteiger partial charge in [0.1, 0.15) is 12.1 Å². The molecular formula is C23H31N5O5. The maximum absolute atomic E-state index is 12.6. The monoisotopic (exact) mass is 457 g/mol. The molecule has 3 amide bonds. The first-order valence-electron chi connectivity index (χ1n) is 11.1. The van der Waals surface area contributed by atoms with Crippen LogP contribution in [0, 0.1) is 5.92 Å². The van der Waals surface area contributed by atoms with Gasteiger partial charge in [0.2, 0.25) is 17.7 Å². The summed E-state index contributed by atoms with van der Waals surface area (Å²) < 4.78 is 0. The number of fused-ring (bicyclic) bond motifs is 1. The molecule has 1 saturated heterocycles. The van der Waals surface area contributed by atoms with Crippen molar-refractivity contribution in [2.45, 2.75) is 51.2 Å². The number of amides is 3. The van der Waals surface area contributed by atoms with Gasteiger partial charge >= 0.3 is 5.97 Å². The molecule has 3 unspecified atom stereocenters. The Morgan fingerprint density at radius 1 is 1.24 bits per heavy atom. The number of nitrogens with one attached hydrogen (secondary N) is 3. The molecule has 3 atom stereocenters. The van der Waals surface area contributed by atoms with Crippen molar-refractivity contribution in [2.75, 3.05) is 13.1 Å². The second kappa shape index (κ2) is 10.5. The zero-order chi connectivity index (χ0) is 24.1. The van der Waals surface area contributed by atoms with E-state index in [9.17, 15) is 24.3 Å². The molecule has 0 aliphatic carbocycles. The lowest BCUT2D eigenvalue weighted by Gasteiger charge is -2.28. The van der Waals surface area contributed by atoms with E-state index in [0.29, 0.717) is 19.4 Å². The van der Waals surface area contributed by atoms with Crippen LogP contribution in [0.25, 0.3) is 10.9 Å². The fourth-order valence-corrected chi connectivity index (χ4v) is 4.03. The highest BCUT2D eigenvalue weighted by atomic mass is 16.4. The Kier molecular flexibility index (Phi) is 7.70. The molecule has 33 heavy (non-hydrogen) atoms. The number of carbonyl (C=O) groups excluding carboxylic acids is 3. The Balaban J connectivity index is 1.56. The number of H-pyrrole nitrogens is 1. The van der Waals surface area contributed by atoms with Crippen LogP contribution in [0.5, 0.6) is 0 Å². The second-order valence-electron chi connectivity index (χ2n) is 8.70. The van der Waals surface area contributed by atoms with E-state index in [1.54, 1.807) is 6.20 Å². The van der Waals surface area contributed by atoms with Crippen molar-refractivity contribution in [3.63, 3.8) is 0 Å². The van der Waals surface area contributed by atoms with Crippen molar-refractivity contribution in [2.24, 2.45) is 11.7 Å². The van der Waals surface area contributed by atoms with Gasteiger partial charge in [-0.05, 0) is 30.4 Å². The Hall–Kier alpha value is -3.40. The SMILES string of the molecule is CC(C)C(N)C(=O)N1CCCC1C(=O)NCC(=O)NC(Cc1c[nH]c2ccccc12)C(=O)O. The van der Waals surface area contributed by atoms with Gasteiger partial charge in [-0.2, -0.15) is 0 Å². The predicted molar refractivity (Wildman–Crippen MR) is 122 cm³/mol. The van der Waals surface area contributed by atoms with Crippen molar-refractivity contribution < 1.29 is 24.3 Å². The van der Waals surface area contributed by atoms with Crippen LogP contribution < -0.4 is 16.4 Å². The summed E-state index contributed by atoms with van der Waals surface area (Å²) in [5, 5.41) is 15.4. The lowest BCUT2D eigenvalue weighted by Crippen LogP contribution is -2.54. The molecule has 3 rings (SSSR count). The van der Waals surface area contributed by atoms with Crippen LogP contribution in [0.15, 0.2) is 30.5 Å². The van der Waals surface area contributed by atoms with Crippen LogP contribution in [0.1, 0.15) is 32.3 Å². The number of hydrogen-bond donors (Lipinski definition) is 5. The van der Waals surface area contributed by atoms with Crippen molar-refractivity contribution in [1.29, 1.82) is 0 Å². The van der Waals surface area contributed by atoms with E-state index in [4.69, 9.17) is 5.73 Å². The largest absolute Gasteiger partial charge is 0.480 e. The molecule has 0 radical (unpaired) electrons. The van der Waals surface area contributed by atoms with Crippen LogP contribution in [-0.4, -0.2) is 69.9 Å². The van der Waals surface area contributed by atoms with E-state index in [0.717, 1.165) is 16.5 Å². The minimum Gasteiger partial charge on any atom is -0.480 e. The Bertz CT molecular complexity index is 1030. The molecule has 0 spiro atoms. The topological polar surface area (TPSA) is 158 Å². The van der Waals surface area contributed by atoms with Gasteiger partial charge in [-0.1, -0.05) is 32.0 Å². The van der Waals surface area contributed by atoms with Gasteiger partial charge in [0.15, 0.2) is 0 Å². The number of likely N-dealkylation sites (tertiary alicyclic amines) is 1. The summed E-state index contributed by atoms with van der Waals surface area (Å²) in [6, 6.07) is 4.96. The maximum atomic E-state index is 12.6. The number of aromatic nitrogens is 1. The Labute approximate surface area is 191 Å². The number of rotatable bonds is 9. The number of aliphatic carboxylic acids is 1. The summed E-state index contributed by atoms with van der Waals surface area (Å²) >= 11 is 0. The second-order valence-corrected chi connectivity index (χ2v) is 8.70. The minimum atomic E-state index is -1.17. The van der Waals surface area contributed by atoms with Gasteiger partial charge in [0.25, 0.3) is 0 Å². The normalized spacial score (nSPS) is 17.7. The molecule has 1 aliphatic rings. The third-order valence-electron chi connectivity index (χ3n) is 6.00. The lowest BCUT2D eigenvalue weighted by atomic mass is 10.0. The number of carboxylic acids is 1. The number of hydrogen-bond acceptors (Lipinski definition) is 5. The van der Waals surface area contributed by atoms with Gasteiger partial charge in [-0.25, -0.2) is 4.79 Å². The van der Waals surface area contributed by atoms with E-state index in [-0.39, 0.29) is 24.8 Å². The third-order valence-corrected chi connectivity index (χ3v) is 6.00. The highest BCUT2D eigenvalue weighted by molar-refractivity contribution is 5.93. The first kappa shape index (κ1) is 24.2. The molecule has 2 aromatic rings. The first-order chi connectivity index (χ1) is 15.7. The molecule has 178 valence electrons. The molecule has 2 heterocycles.